The molecule has 1 saturated heterocycles. The quantitative estimate of drug-likeness (QED) is 0.801. The number of halogens is 1. The molecule has 2 N–H and O–H groups in total. The second kappa shape index (κ2) is 9.02. The minimum absolute atomic E-state index is 0.0285. The van der Waals surface area contributed by atoms with Crippen molar-refractivity contribution in [3.63, 3.8) is 0 Å². The molecule has 2 amide bonds. The van der Waals surface area contributed by atoms with Crippen LogP contribution >= 0.6 is 11.6 Å². The molecule has 142 valence electrons. The van der Waals surface area contributed by atoms with Crippen molar-refractivity contribution in [3.8, 4) is 0 Å². The number of hydrogen-bond acceptors (Lipinski definition) is 3. The van der Waals surface area contributed by atoms with Gasteiger partial charge in [0, 0.05) is 25.6 Å². The molecule has 0 saturated carbocycles. The van der Waals surface area contributed by atoms with Crippen molar-refractivity contribution >= 4 is 23.4 Å². The summed E-state index contributed by atoms with van der Waals surface area (Å²) < 4.78 is 0. The number of aliphatic hydroxyl groups is 1. The van der Waals surface area contributed by atoms with E-state index in [9.17, 15) is 14.7 Å². The average molecular weight is 387 g/mol. The summed E-state index contributed by atoms with van der Waals surface area (Å²) in [7, 11) is 0. The first kappa shape index (κ1) is 19.4. The smallest absolute Gasteiger partial charge is 0.253 e. The number of nitrogens with zero attached hydrogens (tertiary/aromatic N) is 1. The molecule has 0 radical (unpaired) electrons. The van der Waals surface area contributed by atoms with E-state index >= 15 is 0 Å². The highest BCUT2D eigenvalue weighted by Crippen LogP contribution is 2.23. The van der Waals surface area contributed by atoms with Gasteiger partial charge in [0.2, 0.25) is 5.91 Å². The van der Waals surface area contributed by atoms with Gasteiger partial charge in [-0.25, -0.2) is 0 Å². The summed E-state index contributed by atoms with van der Waals surface area (Å²) in [6.07, 6.45) is 0.975. The van der Waals surface area contributed by atoms with Crippen LogP contribution in [0.3, 0.4) is 0 Å². The van der Waals surface area contributed by atoms with Gasteiger partial charge in [-0.3, -0.25) is 9.59 Å². The molecule has 6 heteroatoms. The van der Waals surface area contributed by atoms with Crippen LogP contribution in [0.4, 0.5) is 0 Å². The number of carbonyl (C=O) groups is 2. The number of likely N-dealkylation sites (tertiary alicyclic amines) is 1. The molecule has 27 heavy (non-hydrogen) atoms. The topological polar surface area (TPSA) is 69.6 Å². The highest BCUT2D eigenvalue weighted by atomic mass is 35.5. The van der Waals surface area contributed by atoms with E-state index in [4.69, 9.17) is 11.6 Å². The van der Waals surface area contributed by atoms with E-state index in [1.807, 2.05) is 30.3 Å². The molecular formula is C21H23ClN2O3. The largest absolute Gasteiger partial charge is 0.396 e. The second-order valence-corrected chi connectivity index (χ2v) is 7.20. The van der Waals surface area contributed by atoms with E-state index in [0.29, 0.717) is 23.7 Å². The first-order valence-corrected chi connectivity index (χ1v) is 9.45. The summed E-state index contributed by atoms with van der Waals surface area (Å²) in [5, 5.41) is 12.6. The summed E-state index contributed by atoms with van der Waals surface area (Å²) in [5.74, 6) is -0.196. The Morgan fingerprint density at radius 1 is 1.15 bits per heavy atom. The van der Waals surface area contributed by atoms with Crippen LogP contribution in [-0.4, -0.2) is 41.5 Å². The highest BCUT2D eigenvalue weighted by molar-refractivity contribution is 6.33. The van der Waals surface area contributed by atoms with Crippen LogP contribution in [0.15, 0.2) is 54.6 Å². The maximum absolute atomic E-state index is 12.7. The predicted molar refractivity (Wildman–Crippen MR) is 104 cm³/mol. The Morgan fingerprint density at radius 3 is 2.52 bits per heavy atom. The van der Waals surface area contributed by atoms with Crippen LogP contribution in [0.25, 0.3) is 0 Å². The Morgan fingerprint density at radius 2 is 1.85 bits per heavy atom. The van der Waals surface area contributed by atoms with Crippen LogP contribution < -0.4 is 5.32 Å². The Balaban J connectivity index is 1.75. The molecule has 0 unspecified atom stereocenters. The summed E-state index contributed by atoms with van der Waals surface area (Å²) >= 11 is 6.13. The predicted octanol–water partition coefficient (Wildman–Crippen LogP) is 3.04. The van der Waals surface area contributed by atoms with Gasteiger partial charge in [0.1, 0.15) is 0 Å². The van der Waals surface area contributed by atoms with E-state index < -0.39 is 6.04 Å². The first-order chi connectivity index (χ1) is 13.1. The molecule has 3 rings (SSSR count). The van der Waals surface area contributed by atoms with E-state index in [1.165, 1.54) is 0 Å². The number of benzene rings is 2. The van der Waals surface area contributed by atoms with Crippen molar-refractivity contribution in [1.29, 1.82) is 0 Å². The van der Waals surface area contributed by atoms with E-state index in [1.54, 1.807) is 29.2 Å². The lowest BCUT2D eigenvalue weighted by atomic mass is 10.0. The first-order valence-electron chi connectivity index (χ1n) is 9.07. The Hall–Kier alpha value is -2.37. The summed E-state index contributed by atoms with van der Waals surface area (Å²) in [4.78, 5) is 27.2. The summed E-state index contributed by atoms with van der Waals surface area (Å²) in [6, 6.07) is 15.8. The fraction of sp³-hybridized carbons (Fsp3) is 0.333. The zero-order valence-corrected chi connectivity index (χ0v) is 15.7. The van der Waals surface area contributed by atoms with Gasteiger partial charge in [-0.05, 0) is 24.1 Å². The standard InChI is InChI=1S/C21H23ClN2O3/c22-18-9-5-4-8-17(18)21(27)23-19(16-6-2-1-3-7-16)12-20(26)24-11-10-15(13-24)14-25/h1-9,15,19,25H,10-14H2,(H,23,27)/t15-,19-/m0/s1. The number of aliphatic hydroxyl groups excluding tert-OH is 1. The molecule has 5 nitrogen and oxygen atoms in total. The number of amides is 2. The Bertz CT molecular complexity index is 797. The molecule has 0 aliphatic carbocycles. The minimum atomic E-state index is -0.448. The number of nitrogens with one attached hydrogen (secondary N) is 1. The second-order valence-electron chi connectivity index (χ2n) is 6.80. The zero-order chi connectivity index (χ0) is 19.2. The molecule has 1 heterocycles. The van der Waals surface area contributed by atoms with E-state index in [0.717, 1.165) is 12.0 Å². The highest BCUT2D eigenvalue weighted by Gasteiger charge is 2.28. The van der Waals surface area contributed by atoms with Crippen molar-refractivity contribution in [1.82, 2.24) is 10.2 Å². The van der Waals surface area contributed by atoms with Gasteiger partial charge in [0.15, 0.2) is 0 Å². The molecule has 0 aromatic heterocycles. The van der Waals surface area contributed by atoms with Crippen LogP contribution in [0, 0.1) is 5.92 Å². The zero-order valence-electron chi connectivity index (χ0n) is 15.0. The SMILES string of the molecule is O=C(N[C@@H](CC(=O)N1CC[C@H](CO)C1)c1ccccc1)c1ccccc1Cl. The third kappa shape index (κ3) is 4.87. The Labute approximate surface area is 163 Å². The summed E-state index contributed by atoms with van der Waals surface area (Å²) in [5.41, 5.74) is 1.25. The number of carbonyl (C=O) groups excluding carboxylic acids is 2. The molecule has 2 aromatic carbocycles. The lowest BCUT2D eigenvalue weighted by molar-refractivity contribution is -0.130. The number of hydrogen-bond donors (Lipinski definition) is 2. The fourth-order valence-electron chi connectivity index (χ4n) is 3.33. The van der Waals surface area contributed by atoms with Gasteiger partial charge >= 0.3 is 0 Å². The molecular weight excluding hydrogens is 364 g/mol. The van der Waals surface area contributed by atoms with Gasteiger partial charge < -0.3 is 15.3 Å². The molecule has 2 atom stereocenters. The van der Waals surface area contributed by atoms with Gasteiger partial charge in [0.05, 0.1) is 23.0 Å². The van der Waals surface area contributed by atoms with Gasteiger partial charge in [-0.1, -0.05) is 54.1 Å². The van der Waals surface area contributed by atoms with Crippen molar-refractivity contribution < 1.29 is 14.7 Å². The fourth-order valence-corrected chi connectivity index (χ4v) is 3.55. The molecule has 1 fully saturated rings. The lowest BCUT2D eigenvalue weighted by Gasteiger charge is -2.23. The van der Waals surface area contributed by atoms with Crippen LogP contribution in [0.5, 0.6) is 0 Å². The molecule has 1 aliphatic heterocycles. The third-order valence-electron chi connectivity index (χ3n) is 4.90. The van der Waals surface area contributed by atoms with Crippen molar-refractivity contribution in [2.24, 2.45) is 5.92 Å². The van der Waals surface area contributed by atoms with Gasteiger partial charge in [0.25, 0.3) is 5.91 Å². The van der Waals surface area contributed by atoms with Gasteiger partial charge in [-0.15, -0.1) is 0 Å². The molecule has 1 aliphatic rings. The monoisotopic (exact) mass is 386 g/mol. The lowest BCUT2D eigenvalue weighted by Crippen LogP contribution is -2.35. The van der Waals surface area contributed by atoms with E-state index in [-0.39, 0.29) is 30.8 Å². The average Bonchev–Trinajstić information content (AvgIpc) is 3.18. The normalized spacial score (nSPS) is 17.6. The van der Waals surface area contributed by atoms with Crippen molar-refractivity contribution in [2.45, 2.75) is 18.9 Å². The molecule has 2 aromatic rings. The van der Waals surface area contributed by atoms with Crippen molar-refractivity contribution in [2.75, 3.05) is 19.7 Å². The van der Waals surface area contributed by atoms with Crippen LogP contribution in [-0.2, 0) is 4.79 Å². The van der Waals surface area contributed by atoms with Gasteiger partial charge in [-0.2, -0.15) is 0 Å². The maximum atomic E-state index is 12.7. The number of rotatable bonds is 6. The Kier molecular flexibility index (Phi) is 6.48. The molecule has 0 bridgehead atoms. The third-order valence-corrected chi connectivity index (χ3v) is 5.23. The maximum Gasteiger partial charge on any atom is 0.253 e. The minimum Gasteiger partial charge on any atom is -0.396 e. The van der Waals surface area contributed by atoms with Crippen molar-refractivity contribution in [3.05, 3.63) is 70.7 Å². The molecule has 0 spiro atoms. The van der Waals surface area contributed by atoms with Crippen LogP contribution in [0.2, 0.25) is 5.02 Å². The summed E-state index contributed by atoms with van der Waals surface area (Å²) in [6.45, 7) is 1.30. The van der Waals surface area contributed by atoms with Crippen LogP contribution in [0.1, 0.15) is 34.8 Å². The van der Waals surface area contributed by atoms with E-state index in [2.05, 4.69) is 5.32 Å².